The third kappa shape index (κ3) is 1.93. The van der Waals surface area contributed by atoms with Crippen molar-refractivity contribution in [2.45, 2.75) is 23.3 Å². The van der Waals surface area contributed by atoms with Crippen LogP contribution in [0.25, 0.3) is 0 Å². The molecule has 0 fully saturated rings. The maximum absolute atomic E-state index is 11.1. The summed E-state index contributed by atoms with van der Waals surface area (Å²) >= 11 is 1.82. The lowest BCUT2D eigenvalue weighted by atomic mass is 9.86. The molecular formula is C15H15NOS. The fourth-order valence-corrected chi connectivity index (χ4v) is 3.53. The number of rotatable bonds is 1. The van der Waals surface area contributed by atoms with Crippen LogP contribution < -0.4 is 0 Å². The fourth-order valence-electron chi connectivity index (χ4n) is 2.45. The number of fused-ring (bicyclic) bond motifs is 1. The normalized spacial score (nSPS) is 23.2. The second kappa shape index (κ2) is 4.75. The predicted molar refractivity (Wildman–Crippen MR) is 73.6 cm³/mol. The molecule has 2 nitrogen and oxygen atoms in total. The van der Waals surface area contributed by atoms with E-state index in [1.807, 2.05) is 48.2 Å². The van der Waals surface area contributed by atoms with Crippen LogP contribution in [0.3, 0.4) is 0 Å². The second-order valence-corrected chi connectivity index (χ2v) is 5.66. The maximum Gasteiger partial charge on any atom is 0.132 e. The van der Waals surface area contributed by atoms with E-state index in [4.69, 9.17) is 0 Å². The van der Waals surface area contributed by atoms with Crippen molar-refractivity contribution >= 4 is 11.8 Å². The summed E-state index contributed by atoms with van der Waals surface area (Å²) < 4.78 is 0. The van der Waals surface area contributed by atoms with Crippen molar-refractivity contribution < 1.29 is 5.11 Å². The first-order valence-corrected chi connectivity index (χ1v) is 7.15. The minimum atomic E-state index is -0.943. The van der Waals surface area contributed by atoms with Crippen molar-refractivity contribution in [3.05, 3.63) is 59.9 Å². The van der Waals surface area contributed by atoms with Crippen molar-refractivity contribution in [3.63, 3.8) is 0 Å². The van der Waals surface area contributed by atoms with Gasteiger partial charge in [-0.05, 0) is 36.8 Å². The van der Waals surface area contributed by atoms with Gasteiger partial charge in [0.05, 0.1) is 5.69 Å². The summed E-state index contributed by atoms with van der Waals surface area (Å²) in [7, 11) is 0. The van der Waals surface area contributed by atoms with Crippen molar-refractivity contribution in [1.82, 2.24) is 4.98 Å². The van der Waals surface area contributed by atoms with E-state index in [2.05, 4.69) is 11.1 Å². The van der Waals surface area contributed by atoms with Gasteiger partial charge in [-0.1, -0.05) is 24.3 Å². The Labute approximate surface area is 111 Å². The molecular weight excluding hydrogens is 242 g/mol. The van der Waals surface area contributed by atoms with Crippen LogP contribution in [0.4, 0.5) is 0 Å². The molecule has 1 aliphatic heterocycles. The van der Waals surface area contributed by atoms with Gasteiger partial charge >= 0.3 is 0 Å². The summed E-state index contributed by atoms with van der Waals surface area (Å²) in [6.07, 6.45) is 3.47. The lowest BCUT2D eigenvalue weighted by molar-refractivity contribution is 0.0642. The highest BCUT2D eigenvalue weighted by Gasteiger charge is 2.35. The molecule has 0 saturated carbocycles. The summed E-state index contributed by atoms with van der Waals surface area (Å²) in [5.41, 5.74) is 0.799. The first-order valence-electron chi connectivity index (χ1n) is 6.17. The molecule has 1 aliphatic rings. The van der Waals surface area contributed by atoms with Gasteiger partial charge in [-0.25, -0.2) is 0 Å². The third-order valence-electron chi connectivity index (χ3n) is 3.36. The number of hydrogen-bond acceptors (Lipinski definition) is 3. The molecule has 3 rings (SSSR count). The molecule has 1 aromatic heterocycles. The van der Waals surface area contributed by atoms with E-state index in [1.165, 1.54) is 4.90 Å². The number of pyridine rings is 1. The van der Waals surface area contributed by atoms with Gasteiger partial charge in [0.25, 0.3) is 0 Å². The summed E-state index contributed by atoms with van der Waals surface area (Å²) in [4.78, 5) is 5.53. The van der Waals surface area contributed by atoms with Gasteiger partial charge in [0, 0.05) is 16.7 Å². The zero-order valence-corrected chi connectivity index (χ0v) is 10.9. The molecule has 0 spiro atoms. The van der Waals surface area contributed by atoms with Crippen LogP contribution in [-0.2, 0) is 5.60 Å². The summed E-state index contributed by atoms with van der Waals surface area (Å²) in [6.45, 7) is 0. The van der Waals surface area contributed by atoms with Crippen LogP contribution in [0.1, 0.15) is 24.1 Å². The Balaban J connectivity index is 2.16. The molecule has 18 heavy (non-hydrogen) atoms. The number of hydrogen-bond donors (Lipinski definition) is 1. The third-order valence-corrected chi connectivity index (χ3v) is 4.52. The first-order chi connectivity index (χ1) is 8.81. The van der Waals surface area contributed by atoms with Gasteiger partial charge in [-0.2, -0.15) is 0 Å². The SMILES string of the molecule is OC1(c2ccccn2)CCCSc2ccccc21. The molecule has 1 atom stereocenters. The Hall–Kier alpha value is -1.32. The quantitative estimate of drug-likeness (QED) is 0.851. The molecule has 1 N–H and O–H groups in total. The molecule has 0 aliphatic carbocycles. The Bertz CT molecular complexity index is 543. The predicted octanol–water partition coefficient (Wildman–Crippen LogP) is 3.20. The zero-order valence-electron chi connectivity index (χ0n) is 10.0. The van der Waals surface area contributed by atoms with Crippen LogP contribution in [0, 0.1) is 0 Å². The van der Waals surface area contributed by atoms with E-state index in [0.717, 1.165) is 29.9 Å². The Kier molecular flexibility index (Phi) is 3.10. The topological polar surface area (TPSA) is 33.1 Å². The lowest BCUT2D eigenvalue weighted by Gasteiger charge is -2.27. The van der Waals surface area contributed by atoms with Gasteiger partial charge in [0.1, 0.15) is 5.60 Å². The van der Waals surface area contributed by atoms with Crippen LogP contribution in [0.15, 0.2) is 53.6 Å². The van der Waals surface area contributed by atoms with Gasteiger partial charge in [0.15, 0.2) is 0 Å². The number of benzene rings is 1. The summed E-state index contributed by atoms with van der Waals surface area (Å²) in [5, 5.41) is 11.1. The molecule has 3 heteroatoms. The highest BCUT2D eigenvalue weighted by Crippen LogP contribution is 2.41. The Morgan fingerprint density at radius 1 is 1.11 bits per heavy atom. The van der Waals surface area contributed by atoms with Crippen molar-refractivity contribution in [2.24, 2.45) is 0 Å². The molecule has 92 valence electrons. The largest absolute Gasteiger partial charge is 0.379 e. The lowest BCUT2D eigenvalue weighted by Crippen LogP contribution is -2.28. The van der Waals surface area contributed by atoms with Crippen molar-refractivity contribution in [3.8, 4) is 0 Å². The first kappa shape index (κ1) is 11.8. The smallest absolute Gasteiger partial charge is 0.132 e. The van der Waals surface area contributed by atoms with Crippen LogP contribution >= 0.6 is 11.8 Å². The Morgan fingerprint density at radius 2 is 1.94 bits per heavy atom. The average Bonchev–Trinajstić information content (AvgIpc) is 2.61. The van der Waals surface area contributed by atoms with Crippen LogP contribution in [-0.4, -0.2) is 15.8 Å². The molecule has 2 heterocycles. The van der Waals surface area contributed by atoms with E-state index in [1.54, 1.807) is 6.20 Å². The highest BCUT2D eigenvalue weighted by atomic mass is 32.2. The molecule has 1 unspecified atom stereocenters. The molecule has 2 aromatic rings. The average molecular weight is 257 g/mol. The molecule has 0 radical (unpaired) electrons. The standard InChI is InChI=1S/C15H15NOS/c17-15(14-8-3-4-10-16-14)9-5-11-18-13-7-2-1-6-12(13)15/h1-4,6-8,10,17H,5,9,11H2. The van der Waals surface area contributed by atoms with E-state index in [-0.39, 0.29) is 0 Å². The van der Waals surface area contributed by atoms with Gasteiger partial charge in [-0.15, -0.1) is 11.8 Å². The number of aromatic nitrogens is 1. The van der Waals surface area contributed by atoms with E-state index < -0.39 is 5.60 Å². The molecule has 1 aromatic carbocycles. The minimum Gasteiger partial charge on any atom is -0.379 e. The fraction of sp³-hybridized carbons (Fsp3) is 0.267. The monoisotopic (exact) mass is 257 g/mol. The summed E-state index contributed by atoms with van der Waals surface area (Å²) in [5.74, 6) is 1.05. The number of thioether (sulfide) groups is 1. The van der Waals surface area contributed by atoms with E-state index in [0.29, 0.717) is 0 Å². The maximum atomic E-state index is 11.1. The van der Waals surface area contributed by atoms with E-state index in [9.17, 15) is 5.11 Å². The molecule has 0 saturated heterocycles. The van der Waals surface area contributed by atoms with E-state index >= 15 is 0 Å². The van der Waals surface area contributed by atoms with Crippen LogP contribution in [0.5, 0.6) is 0 Å². The van der Waals surface area contributed by atoms with Crippen molar-refractivity contribution in [1.29, 1.82) is 0 Å². The van der Waals surface area contributed by atoms with Gasteiger partial charge in [-0.3, -0.25) is 4.98 Å². The molecule has 0 bridgehead atoms. The minimum absolute atomic E-state index is 0.730. The highest BCUT2D eigenvalue weighted by molar-refractivity contribution is 7.99. The number of nitrogens with zero attached hydrogens (tertiary/aromatic N) is 1. The number of aliphatic hydroxyl groups is 1. The summed E-state index contributed by atoms with van der Waals surface area (Å²) in [6, 6.07) is 13.8. The van der Waals surface area contributed by atoms with Crippen molar-refractivity contribution in [2.75, 3.05) is 5.75 Å². The van der Waals surface area contributed by atoms with Gasteiger partial charge < -0.3 is 5.11 Å². The van der Waals surface area contributed by atoms with Gasteiger partial charge in [0.2, 0.25) is 0 Å². The molecule has 0 amide bonds. The second-order valence-electron chi connectivity index (χ2n) is 4.52. The Morgan fingerprint density at radius 3 is 2.78 bits per heavy atom. The zero-order chi connectivity index (χ0) is 12.4. The van der Waals surface area contributed by atoms with Crippen LogP contribution in [0.2, 0.25) is 0 Å².